The minimum atomic E-state index is -0.479. The quantitative estimate of drug-likeness (QED) is 0.427. The summed E-state index contributed by atoms with van der Waals surface area (Å²) in [5.74, 6) is -0.768. The van der Waals surface area contributed by atoms with Crippen LogP contribution < -0.4 is 11.1 Å². The topological polar surface area (TPSA) is 121 Å². The lowest BCUT2D eigenvalue weighted by atomic mass is 10.1. The number of fused-ring (bicyclic) bond motifs is 1. The molecule has 26 heavy (non-hydrogen) atoms. The van der Waals surface area contributed by atoms with Crippen LogP contribution in [0.25, 0.3) is 11.2 Å². The van der Waals surface area contributed by atoms with Crippen LogP contribution in [0.3, 0.4) is 0 Å². The normalized spacial score (nSPS) is 11.5. The van der Waals surface area contributed by atoms with Crippen molar-refractivity contribution in [1.29, 1.82) is 5.41 Å². The molecule has 2 aromatic heterocycles. The third kappa shape index (κ3) is 3.39. The number of nitrogens with zero attached hydrogens (tertiary/aromatic N) is 2. The number of aromatic amines is 1. The van der Waals surface area contributed by atoms with Gasteiger partial charge >= 0.3 is 0 Å². The number of benzene rings is 1. The first-order chi connectivity index (χ1) is 12.2. The van der Waals surface area contributed by atoms with E-state index in [1.807, 2.05) is 20.8 Å². The molecule has 134 valence electrons. The summed E-state index contributed by atoms with van der Waals surface area (Å²) in [6.45, 7) is 5.64. The molecule has 3 aromatic rings. The Morgan fingerprint density at radius 2 is 2.04 bits per heavy atom. The van der Waals surface area contributed by atoms with Gasteiger partial charge in [-0.15, -0.1) is 0 Å². The number of nitrogens with two attached hydrogens (primary N) is 1. The monoisotopic (exact) mass is 354 g/mol. The molecule has 0 bridgehead atoms. The van der Waals surface area contributed by atoms with E-state index in [0.29, 0.717) is 22.3 Å². The largest absolute Gasteiger partial charge is 0.398 e. The Morgan fingerprint density at radius 1 is 1.31 bits per heavy atom. The summed E-state index contributed by atoms with van der Waals surface area (Å²) in [4.78, 5) is 24.0. The molecule has 2 heterocycles. The maximum Gasteiger partial charge on any atom is 0.255 e. The summed E-state index contributed by atoms with van der Waals surface area (Å²) in [6.07, 6.45) is 2.95. The molecule has 3 rings (SSSR count). The SMILES string of the molecule is CC(C)(C)NC(=O)c1c[nH]c2ncc(C(=N)c3ccc(F)cc3N)nc12. The Morgan fingerprint density at radius 3 is 2.69 bits per heavy atom. The lowest BCUT2D eigenvalue weighted by molar-refractivity contribution is 0.0921. The standard InChI is InChI=1S/C18H19FN6O/c1-18(2,3)25-17(26)11-7-22-16-15(11)24-13(8-23-16)14(21)10-5-4-9(19)6-12(10)20/h4-8,21H,20H2,1-3H3,(H,22,23)(H,25,26). The van der Waals surface area contributed by atoms with Gasteiger partial charge in [-0.25, -0.2) is 14.4 Å². The van der Waals surface area contributed by atoms with E-state index in [1.54, 1.807) is 0 Å². The van der Waals surface area contributed by atoms with E-state index in [4.69, 9.17) is 11.1 Å². The number of H-pyrrole nitrogens is 1. The van der Waals surface area contributed by atoms with Crippen LogP contribution in [0.1, 0.15) is 42.4 Å². The Kier molecular flexibility index (Phi) is 4.19. The first-order valence-electron chi connectivity index (χ1n) is 7.96. The van der Waals surface area contributed by atoms with Crippen LogP contribution in [0.15, 0.2) is 30.6 Å². The van der Waals surface area contributed by atoms with Crippen LogP contribution in [0, 0.1) is 11.2 Å². The van der Waals surface area contributed by atoms with E-state index in [0.717, 1.165) is 6.07 Å². The van der Waals surface area contributed by atoms with Gasteiger partial charge in [-0.2, -0.15) is 0 Å². The van der Waals surface area contributed by atoms with Gasteiger partial charge in [0.25, 0.3) is 5.91 Å². The fourth-order valence-electron chi connectivity index (χ4n) is 2.49. The second-order valence-corrected chi connectivity index (χ2v) is 6.97. The molecule has 0 atom stereocenters. The van der Waals surface area contributed by atoms with Crippen molar-refractivity contribution in [3.05, 3.63) is 53.2 Å². The third-order valence-corrected chi connectivity index (χ3v) is 3.65. The highest BCUT2D eigenvalue weighted by molar-refractivity contribution is 6.13. The Labute approximate surface area is 149 Å². The first-order valence-corrected chi connectivity index (χ1v) is 7.96. The van der Waals surface area contributed by atoms with Crippen molar-refractivity contribution in [3.63, 3.8) is 0 Å². The van der Waals surface area contributed by atoms with E-state index >= 15 is 0 Å². The predicted molar refractivity (Wildman–Crippen MR) is 97.9 cm³/mol. The van der Waals surface area contributed by atoms with Gasteiger partial charge in [0.15, 0.2) is 5.65 Å². The Bertz CT molecular complexity index is 1020. The van der Waals surface area contributed by atoms with E-state index < -0.39 is 11.4 Å². The molecule has 0 radical (unpaired) electrons. The smallest absolute Gasteiger partial charge is 0.255 e. The van der Waals surface area contributed by atoms with E-state index in [1.165, 1.54) is 24.5 Å². The second kappa shape index (κ2) is 6.21. The maximum absolute atomic E-state index is 13.2. The molecular formula is C18H19FN6O. The third-order valence-electron chi connectivity index (χ3n) is 3.65. The molecule has 1 aromatic carbocycles. The van der Waals surface area contributed by atoms with Crippen molar-refractivity contribution in [2.75, 3.05) is 5.73 Å². The molecule has 0 spiro atoms. The molecule has 0 fully saturated rings. The van der Waals surface area contributed by atoms with Gasteiger partial charge in [0, 0.05) is 23.0 Å². The minimum absolute atomic E-state index is 0.000259. The molecule has 0 aliphatic carbocycles. The van der Waals surface area contributed by atoms with Crippen molar-refractivity contribution in [2.45, 2.75) is 26.3 Å². The summed E-state index contributed by atoms with van der Waals surface area (Å²) < 4.78 is 13.2. The summed E-state index contributed by atoms with van der Waals surface area (Å²) in [5.41, 5.74) is 7.25. The number of carbonyl (C=O) groups excluding carboxylic acids is 1. The van der Waals surface area contributed by atoms with Gasteiger partial charge in [0.05, 0.1) is 17.5 Å². The molecular weight excluding hydrogens is 335 g/mol. The Balaban J connectivity index is 2.02. The van der Waals surface area contributed by atoms with E-state index in [-0.39, 0.29) is 23.0 Å². The highest BCUT2D eigenvalue weighted by Crippen LogP contribution is 2.20. The average Bonchev–Trinajstić information content (AvgIpc) is 2.95. The predicted octanol–water partition coefficient (Wildman–Crippen LogP) is 2.62. The second-order valence-electron chi connectivity index (χ2n) is 6.97. The minimum Gasteiger partial charge on any atom is -0.398 e. The van der Waals surface area contributed by atoms with Gasteiger partial charge in [-0.1, -0.05) is 0 Å². The lowest BCUT2D eigenvalue weighted by Crippen LogP contribution is -2.40. The zero-order chi connectivity index (χ0) is 19.1. The number of amides is 1. The Hall–Kier alpha value is -3.29. The summed E-state index contributed by atoms with van der Waals surface area (Å²) in [5, 5.41) is 11.2. The summed E-state index contributed by atoms with van der Waals surface area (Å²) in [6, 6.07) is 3.79. The van der Waals surface area contributed by atoms with Crippen molar-refractivity contribution >= 4 is 28.5 Å². The zero-order valence-electron chi connectivity index (χ0n) is 14.6. The molecule has 0 saturated carbocycles. The van der Waals surface area contributed by atoms with Crippen molar-refractivity contribution < 1.29 is 9.18 Å². The fraction of sp³-hybridized carbons (Fsp3) is 0.222. The molecule has 0 unspecified atom stereocenters. The maximum atomic E-state index is 13.2. The van der Waals surface area contributed by atoms with Crippen molar-refractivity contribution in [1.82, 2.24) is 20.3 Å². The zero-order valence-corrected chi connectivity index (χ0v) is 14.6. The summed E-state index contributed by atoms with van der Waals surface area (Å²) >= 11 is 0. The number of hydrogen-bond donors (Lipinski definition) is 4. The van der Waals surface area contributed by atoms with Crippen molar-refractivity contribution in [2.24, 2.45) is 0 Å². The number of nitrogen functional groups attached to an aromatic ring is 1. The number of rotatable bonds is 3. The van der Waals surface area contributed by atoms with Crippen LogP contribution in [0.4, 0.5) is 10.1 Å². The number of aromatic nitrogens is 3. The molecule has 0 saturated heterocycles. The molecule has 1 amide bonds. The number of nitrogens with one attached hydrogen (secondary N) is 3. The van der Waals surface area contributed by atoms with Crippen LogP contribution in [0.2, 0.25) is 0 Å². The molecule has 0 aliphatic rings. The number of halogens is 1. The van der Waals surface area contributed by atoms with Gasteiger partial charge < -0.3 is 16.0 Å². The molecule has 7 nitrogen and oxygen atoms in total. The van der Waals surface area contributed by atoms with Gasteiger partial charge in [0.1, 0.15) is 17.0 Å². The van der Waals surface area contributed by atoms with Crippen LogP contribution >= 0.6 is 0 Å². The van der Waals surface area contributed by atoms with Crippen LogP contribution in [-0.2, 0) is 0 Å². The first kappa shape index (κ1) is 17.5. The highest BCUT2D eigenvalue weighted by atomic mass is 19.1. The lowest BCUT2D eigenvalue weighted by Gasteiger charge is -2.20. The number of carbonyl (C=O) groups is 1. The average molecular weight is 354 g/mol. The molecule has 5 N–H and O–H groups in total. The van der Waals surface area contributed by atoms with E-state index in [2.05, 4.69) is 20.3 Å². The highest BCUT2D eigenvalue weighted by Gasteiger charge is 2.21. The van der Waals surface area contributed by atoms with Crippen LogP contribution in [0.5, 0.6) is 0 Å². The van der Waals surface area contributed by atoms with Crippen molar-refractivity contribution in [3.8, 4) is 0 Å². The summed E-state index contributed by atoms with van der Waals surface area (Å²) in [7, 11) is 0. The molecule has 0 aliphatic heterocycles. The fourth-order valence-corrected chi connectivity index (χ4v) is 2.49. The van der Waals surface area contributed by atoms with Crippen LogP contribution in [-0.4, -0.2) is 32.1 Å². The van der Waals surface area contributed by atoms with Gasteiger partial charge in [0.2, 0.25) is 0 Å². The van der Waals surface area contributed by atoms with Gasteiger partial charge in [-0.3, -0.25) is 10.2 Å². The van der Waals surface area contributed by atoms with Gasteiger partial charge in [-0.05, 0) is 39.0 Å². The number of hydrogen-bond acceptors (Lipinski definition) is 5. The van der Waals surface area contributed by atoms with E-state index in [9.17, 15) is 9.18 Å². The number of anilines is 1. The molecule has 8 heteroatoms.